The molecule has 0 aliphatic carbocycles. The zero-order valence-corrected chi connectivity index (χ0v) is 23.4. The van der Waals surface area contributed by atoms with Crippen molar-refractivity contribution in [3.8, 4) is 0 Å². The molecular weight excluding hydrogens is 561 g/mol. The molecule has 1 aliphatic rings. The molecule has 1 aromatic carbocycles. The molecule has 2 aromatic rings. The molecule has 1 aromatic heterocycles. The SMILES string of the molecule is COC(=O)/C(=C(/C)OS(C)(=O)=O)[N+]1([O-])CC([C@H](C)OS(C)(=O)=O)C1SSc1nc2ccccc2s1. The standard InChI is InChI=1S/C19H24N2O9S5/c1-11(29-34(4,24)25)13-10-21(23,16(18(22)28-3)12(2)30-35(5,26)27)17(13)32-33-19-20-14-8-6-7-9-15(14)31-19/h6-9,11,13,17H,10H2,1-5H3/b16-12+/t11-,13?,17?,21?/m0/s1. The van der Waals surface area contributed by atoms with Gasteiger partial charge in [-0.25, -0.2) is 9.78 Å². The Hall–Kier alpha value is -1.40. The highest BCUT2D eigenvalue weighted by atomic mass is 33.1. The molecule has 1 fully saturated rings. The number of rotatable bonds is 10. The summed E-state index contributed by atoms with van der Waals surface area (Å²) < 4.78 is 61.8. The molecule has 3 unspecified atom stereocenters. The number of hydrogen-bond donors (Lipinski definition) is 0. The molecule has 0 bridgehead atoms. The van der Waals surface area contributed by atoms with E-state index in [0.717, 1.165) is 40.6 Å². The maximum Gasteiger partial charge on any atom is 0.396 e. The van der Waals surface area contributed by atoms with Crippen LogP contribution in [-0.4, -0.2) is 70.1 Å². The number of hydrogen-bond acceptors (Lipinski definition) is 13. The van der Waals surface area contributed by atoms with E-state index < -0.39 is 59.7 Å². The zero-order chi connectivity index (χ0) is 26.2. The second-order valence-corrected chi connectivity index (χ2v) is 14.6. The van der Waals surface area contributed by atoms with E-state index in [4.69, 9.17) is 13.1 Å². The smallest absolute Gasteiger partial charge is 0.396 e. The van der Waals surface area contributed by atoms with Crippen molar-refractivity contribution < 1.29 is 39.4 Å². The van der Waals surface area contributed by atoms with Gasteiger partial charge >= 0.3 is 16.1 Å². The average Bonchev–Trinajstić information content (AvgIpc) is 3.12. The number of nitrogens with zero attached hydrogens (tertiary/aromatic N) is 2. The Labute approximate surface area is 215 Å². The van der Waals surface area contributed by atoms with Gasteiger partial charge in [0.1, 0.15) is 0 Å². The first-order valence-electron chi connectivity index (χ1n) is 9.99. The number of hydroxylamine groups is 3. The third-order valence-corrected chi connectivity index (χ3v) is 10.5. The van der Waals surface area contributed by atoms with Gasteiger partial charge in [0.05, 0.1) is 48.4 Å². The maximum atomic E-state index is 14.0. The van der Waals surface area contributed by atoms with E-state index >= 15 is 0 Å². The van der Waals surface area contributed by atoms with E-state index in [1.165, 1.54) is 36.0 Å². The monoisotopic (exact) mass is 584 g/mol. The number of methoxy groups -OCH3 is 1. The van der Waals surface area contributed by atoms with Crippen LogP contribution in [0.1, 0.15) is 13.8 Å². The average molecular weight is 585 g/mol. The number of thiazole rings is 1. The fourth-order valence-electron chi connectivity index (χ4n) is 3.67. The van der Waals surface area contributed by atoms with E-state index in [-0.39, 0.29) is 6.54 Å². The molecule has 2 heterocycles. The molecule has 0 saturated carbocycles. The highest BCUT2D eigenvalue weighted by Gasteiger charge is 2.58. The summed E-state index contributed by atoms with van der Waals surface area (Å²) in [6.45, 7) is 2.45. The van der Waals surface area contributed by atoms with Crippen LogP contribution >= 0.6 is 32.9 Å². The summed E-state index contributed by atoms with van der Waals surface area (Å²) in [5, 5.41) is 13.1. The van der Waals surface area contributed by atoms with Crippen LogP contribution in [0.5, 0.6) is 0 Å². The van der Waals surface area contributed by atoms with Gasteiger partial charge < -0.3 is 18.8 Å². The predicted octanol–water partition coefficient (Wildman–Crippen LogP) is 3.05. The zero-order valence-electron chi connectivity index (χ0n) is 19.4. The van der Waals surface area contributed by atoms with Crippen molar-refractivity contribution in [2.24, 2.45) is 5.92 Å². The lowest BCUT2D eigenvalue weighted by atomic mass is 9.92. The molecule has 35 heavy (non-hydrogen) atoms. The first kappa shape index (κ1) is 28.2. The Morgan fingerprint density at radius 1 is 1.23 bits per heavy atom. The number of benzene rings is 1. The van der Waals surface area contributed by atoms with Gasteiger partial charge in [-0.15, -0.1) is 11.3 Å². The van der Waals surface area contributed by atoms with Crippen molar-refractivity contribution in [3.63, 3.8) is 0 Å². The van der Waals surface area contributed by atoms with Gasteiger partial charge in [0, 0.05) is 6.92 Å². The number of ether oxygens (including phenoxy) is 1. The molecule has 3 rings (SSSR count). The molecule has 4 atom stereocenters. The Morgan fingerprint density at radius 2 is 1.89 bits per heavy atom. The van der Waals surface area contributed by atoms with Gasteiger partial charge in [0.2, 0.25) is 0 Å². The van der Waals surface area contributed by atoms with Crippen LogP contribution < -0.4 is 0 Å². The van der Waals surface area contributed by atoms with Gasteiger partial charge in [-0.3, -0.25) is 4.18 Å². The van der Waals surface area contributed by atoms with E-state index in [0.29, 0.717) is 4.34 Å². The lowest BCUT2D eigenvalue weighted by molar-refractivity contribution is -0.904. The highest BCUT2D eigenvalue weighted by molar-refractivity contribution is 8.77. The number of fused-ring (bicyclic) bond motifs is 1. The van der Waals surface area contributed by atoms with Crippen molar-refractivity contribution in [2.75, 3.05) is 26.2 Å². The predicted molar refractivity (Wildman–Crippen MR) is 135 cm³/mol. The van der Waals surface area contributed by atoms with Crippen LogP contribution in [0.15, 0.2) is 40.1 Å². The van der Waals surface area contributed by atoms with Crippen molar-refractivity contribution in [2.45, 2.75) is 29.7 Å². The minimum atomic E-state index is -4.03. The largest absolute Gasteiger partial charge is 0.626 e. The number of aromatic nitrogens is 1. The minimum absolute atomic E-state index is 0.260. The van der Waals surface area contributed by atoms with Crippen LogP contribution in [0.3, 0.4) is 0 Å². The Kier molecular flexibility index (Phi) is 8.48. The maximum absolute atomic E-state index is 14.0. The first-order valence-corrected chi connectivity index (χ1v) is 16.7. The number of carbonyl (C=O) groups is 1. The number of allylic oxidation sites excluding steroid dienone is 1. The highest BCUT2D eigenvalue weighted by Crippen LogP contribution is 2.53. The van der Waals surface area contributed by atoms with Gasteiger partial charge in [0.25, 0.3) is 15.8 Å². The van der Waals surface area contributed by atoms with E-state index in [1.807, 2.05) is 24.3 Å². The third kappa shape index (κ3) is 6.68. The van der Waals surface area contributed by atoms with Crippen molar-refractivity contribution in [1.29, 1.82) is 0 Å². The molecule has 11 nitrogen and oxygen atoms in total. The summed E-state index contributed by atoms with van der Waals surface area (Å²) in [7, 11) is -4.49. The molecule has 16 heteroatoms. The van der Waals surface area contributed by atoms with Gasteiger partial charge in [0.15, 0.2) is 15.5 Å². The summed E-state index contributed by atoms with van der Waals surface area (Å²) in [5.41, 5.74) is 0.262. The van der Waals surface area contributed by atoms with Crippen LogP contribution in [0, 0.1) is 11.1 Å². The number of quaternary nitrogens is 1. The van der Waals surface area contributed by atoms with Crippen molar-refractivity contribution >= 4 is 69.3 Å². The number of carbonyl (C=O) groups excluding carboxylic acids is 1. The van der Waals surface area contributed by atoms with E-state index in [1.54, 1.807) is 0 Å². The van der Waals surface area contributed by atoms with Gasteiger partial charge in [-0.1, -0.05) is 12.1 Å². The molecule has 194 valence electrons. The number of likely N-dealkylation sites (tertiary alicyclic amines) is 1. The van der Waals surface area contributed by atoms with Crippen LogP contribution in [-0.2, 0) is 38.1 Å². The van der Waals surface area contributed by atoms with Crippen molar-refractivity contribution in [1.82, 2.24) is 4.98 Å². The summed E-state index contributed by atoms with van der Waals surface area (Å²) in [6.07, 6.45) is 0.814. The Morgan fingerprint density at radius 3 is 2.46 bits per heavy atom. The Bertz CT molecular complexity index is 1320. The second kappa shape index (κ2) is 10.5. The number of esters is 1. The fraction of sp³-hybridized carbons (Fsp3) is 0.474. The molecule has 1 saturated heterocycles. The fourth-order valence-corrected chi connectivity index (χ4v) is 9.26. The van der Waals surface area contributed by atoms with Crippen LogP contribution in [0.4, 0.5) is 0 Å². The van der Waals surface area contributed by atoms with E-state index in [2.05, 4.69) is 4.98 Å². The molecular formula is C19H24N2O9S5. The second-order valence-electron chi connectivity index (χ2n) is 7.85. The molecule has 0 spiro atoms. The van der Waals surface area contributed by atoms with Crippen LogP contribution in [0.2, 0.25) is 0 Å². The summed E-state index contributed by atoms with van der Waals surface area (Å²) in [5.74, 6) is -2.06. The summed E-state index contributed by atoms with van der Waals surface area (Å²) in [4.78, 5) is 17.1. The molecule has 0 amide bonds. The molecule has 1 aliphatic heterocycles. The molecule has 0 N–H and O–H groups in total. The topological polar surface area (TPSA) is 149 Å². The normalized spacial score (nSPS) is 24.4. The van der Waals surface area contributed by atoms with Gasteiger partial charge in [-0.05, 0) is 40.6 Å². The lowest BCUT2D eigenvalue weighted by Gasteiger charge is -2.59. The summed E-state index contributed by atoms with van der Waals surface area (Å²) >= 11 is 1.41. The lowest BCUT2D eigenvalue weighted by Crippen LogP contribution is -2.69. The summed E-state index contributed by atoms with van der Waals surface area (Å²) in [6, 6.07) is 7.50. The van der Waals surface area contributed by atoms with Crippen molar-refractivity contribution in [3.05, 3.63) is 40.9 Å². The molecule has 0 radical (unpaired) electrons. The van der Waals surface area contributed by atoms with Gasteiger partial charge in [-0.2, -0.15) is 16.8 Å². The number of para-hydroxylation sites is 1. The van der Waals surface area contributed by atoms with E-state index in [9.17, 15) is 26.8 Å². The Balaban J connectivity index is 1.97. The van der Waals surface area contributed by atoms with Crippen LogP contribution in [0.25, 0.3) is 10.2 Å². The third-order valence-electron chi connectivity index (χ3n) is 5.05. The minimum Gasteiger partial charge on any atom is -0.626 e. The quantitative estimate of drug-likeness (QED) is 0.0768. The first-order chi connectivity index (χ1) is 16.1.